The Hall–Kier alpha value is -1.13. The van der Waals surface area contributed by atoms with Gasteiger partial charge in [-0.3, -0.25) is 0 Å². The molecule has 3 rings (SSSR count). The highest BCUT2D eigenvalue weighted by molar-refractivity contribution is 5.37. The van der Waals surface area contributed by atoms with Gasteiger partial charge < -0.3 is 14.8 Å². The molecular formula is C17H24FNO2. The van der Waals surface area contributed by atoms with E-state index in [1.165, 1.54) is 6.07 Å². The highest BCUT2D eigenvalue weighted by Gasteiger charge is 2.37. The second-order valence-electron chi connectivity index (χ2n) is 6.29. The van der Waals surface area contributed by atoms with Crippen molar-refractivity contribution < 1.29 is 13.9 Å². The molecule has 1 aromatic carbocycles. The Balaban J connectivity index is 1.67. The van der Waals surface area contributed by atoms with Gasteiger partial charge in [0, 0.05) is 31.7 Å². The normalized spacial score (nSPS) is 23.6. The molecule has 2 aliphatic heterocycles. The van der Waals surface area contributed by atoms with Gasteiger partial charge in [-0.1, -0.05) is 6.92 Å². The zero-order valence-electron chi connectivity index (χ0n) is 12.7. The van der Waals surface area contributed by atoms with Crippen molar-refractivity contribution in [3.63, 3.8) is 0 Å². The van der Waals surface area contributed by atoms with Gasteiger partial charge in [0.15, 0.2) is 0 Å². The number of rotatable bonds is 5. The Morgan fingerprint density at radius 1 is 1.33 bits per heavy atom. The van der Waals surface area contributed by atoms with Gasteiger partial charge in [0.05, 0.1) is 0 Å². The molecule has 0 aliphatic carbocycles. The fourth-order valence-corrected chi connectivity index (χ4v) is 3.53. The van der Waals surface area contributed by atoms with Gasteiger partial charge in [-0.25, -0.2) is 4.39 Å². The molecule has 4 heteroatoms. The predicted molar refractivity (Wildman–Crippen MR) is 80.2 cm³/mol. The van der Waals surface area contributed by atoms with E-state index in [-0.39, 0.29) is 17.3 Å². The lowest BCUT2D eigenvalue weighted by atomic mass is 9.75. The van der Waals surface area contributed by atoms with E-state index < -0.39 is 0 Å². The van der Waals surface area contributed by atoms with Gasteiger partial charge in [-0.05, 0) is 49.4 Å². The Kier molecular flexibility index (Phi) is 4.45. The molecule has 1 atom stereocenters. The largest absolute Gasteiger partial charge is 0.490 e. The summed E-state index contributed by atoms with van der Waals surface area (Å²) >= 11 is 0. The fourth-order valence-electron chi connectivity index (χ4n) is 3.53. The van der Waals surface area contributed by atoms with Crippen LogP contribution in [0.3, 0.4) is 0 Å². The van der Waals surface area contributed by atoms with Crippen LogP contribution in [0.25, 0.3) is 0 Å². The van der Waals surface area contributed by atoms with Gasteiger partial charge in [0.1, 0.15) is 17.7 Å². The van der Waals surface area contributed by atoms with Crippen LogP contribution < -0.4 is 10.1 Å². The quantitative estimate of drug-likeness (QED) is 0.905. The number of ether oxygens (including phenoxy) is 2. The smallest absolute Gasteiger partial charge is 0.123 e. The van der Waals surface area contributed by atoms with Gasteiger partial charge in [-0.2, -0.15) is 0 Å². The first-order chi connectivity index (χ1) is 10.2. The van der Waals surface area contributed by atoms with Crippen molar-refractivity contribution in [3.8, 4) is 5.75 Å². The molecule has 0 aromatic heterocycles. The number of hydrogen-bond donors (Lipinski definition) is 1. The average Bonchev–Trinajstić information content (AvgIpc) is 2.87. The van der Waals surface area contributed by atoms with Gasteiger partial charge >= 0.3 is 0 Å². The van der Waals surface area contributed by atoms with Crippen LogP contribution in [-0.2, 0) is 11.2 Å². The van der Waals surface area contributed by atoms with Crippen LogP contribution in [0.5, 0.6) is 5.75 Å². The summed E-state index contributed by atoms with van der Waals surface area (Å²) in [6, 6.07) is 4.84. The van der Waals surface area contributed by atoms with Gasteiger partial charge in [0.2, 0.25) is 0 Å². The molecule has 3 nitrogen and oxygen atoms in total. The first-order valence-corrected chi connectivity index (χ1v) is 7.94. The maximum absolute atomic E-state index is 13.3. The van der Waals surface area contributed by atoms with E-state index >= 15 is 0 Å². The average molecular weight is 293 g/mol. The van der Waals surface area contributed by atoms with E-state index in [2.05, 4.69) is 12.2 Å². The summed E-state index contributed by atoms with van der Waals surface area (Å²) in [6.07, 6.45) is 4.15. The van der Waals surface area contributed by atoms with Crippen LogP contribution in [0.2, 0.25) is 0 Å². The third kappa shape index (κ3) is 3.38. The summed E-state index contributed by atoms with van der Waals surface area (Å²) in [5, 5.41) is 3.49. The molecule has 0 spiro atoms. The lowest BCUT2D eigenvalue weighted by molar-refractivity contribution is -0.00573. The van der Waals surface area contributed by atoms with E-state index in [1.807, 2.05) is 0 Å². The van der Waals surface area contributed by atoms with Crippen LogP contribution in [0.4, 0.5) is 4.39 Å². The molecule has 1 aromatic rings. The minimum atomic E-state index is -0.175. The molecule has 116 valence electrons. The highest BCUT2D eigenvalue weighted by atomic mass is 19.1. The third-order valence-corrected chi connectivity index (χ3v) is 4.73. The molecule has 1 N–H and O–H groups in total. The Morgan fingerprint density at radius 3 is 2.90 bits per heavy atom. The van der Waals surface area contributed by atoms with Crippen molar-refractivity contribution in [1.82, 2.24) is 5.32 Å². The van der Waals surface area contributed by atoms with Crippen LogP contribution in [0.15, 0.2) is 18.2 Å². The zero-order chi connectivity index (χ0) is 14.7. The predicted octanol–water partition coefficient (Wildman–Crippen LogP) is 2.93. The minimum absolute atomic E-state index is 0.165. The molecule has 1 unspecified atom stereocenters. The van der Waals surface area contributed by atoms with Crippen LogP contribution in [-0.4, -0.2) is 32.4 Å². The van der Waals surface area contributed by atoms with Crippen molar-refractivity contribution in [3.05, 3.63) is 29.6 Å². The second kappa shape index (κ2) is 6.32. The summed E-state index contributed by atoms with van der Waals surface area (Å²) in [5.74, 6) is 0.679. The van der Waals surface area contributed by atoms with E-state index in [4.69, 9.17) is 9.47 Å². The number of hydrogen-bond acceptors (Lipinski definition) is 3. The SMILES string of the molecule is CCNCC1(CC2Cc3cc(F)ccc3O2)CCOCC1. The topological polar surface area (TPSA) is 30.5 Å². The van der Waals surface area contributed by atoms with Crippen LogP contribution in [0.1, 0.15) is 31.7 Å². The van der Waals surface area contributed by atoms with Crippen molar-refractivity contribution in [1.29, 1.82) is 0 Å². The zero-order valence-corrected chi connectivity index (χ0v) is 12.7. The number of nitrogens with one attached hydrogen (secondary N) is 1. The Labute approximate surface area is 125 Å². The summed E-state index contributed by atoms with van der Waals surface area (Å²) in [5.41, 5.74) is 1.25. The molecule has 0 radical (unpaired) electrons. The highest BCUT2D eigenvalue weighted by Crippen LogP contribution is 2.39. The molecule has 0 saturated carbocycles. The van der Waals surface area contributed by atoms with E-state index in [1.54, 1.807) is 12.1 Å². The monoisotopic (exact) mass is 293 g/mol. The molecular weight excluding hydrogens is 269 g/mol. The second-order valence-corrected chi connectivity index (χ2v) is 6.29. The molecule has 1 fully saturated rings. The molecule has 0 amide bonds. The van der Waals surface area contributed by atoms with E-state index in [0.717, 1.165) is 63.3 Å². The van der Waals surface area contributed by atoms with E-state index in [0.29, 0.717) is 0 Å². The van der Waals surface area contributed by atoms with Crippen molar-refractivity contribution in [2.75, 3.05) is 26.3 Å². The van der Waals surface area contributed by atoms with E-state index in [9.17, 15) is 4.39 Å². The first kappa shape index (κ1) is 14.8. The third-order valence-electron chi connectivity index (χ3n) is 4.73. The van der Waals surface area contributed by atoms with Crippen molar-refractivity contribution in [2.45, 2.75) is 38.7 Å². The van der Waals surface area contributed by atoms with Crippen molar-refractivity contribution in [2.24, 2.45) is 5.41 Å². The Bertz CT molecular complexity index is 486. The molecule has 21 heavy (non-hydrogen) atoms. The summed E-state index contributed by atoms with van der Waals surface area (Å²) in [7, 11) is 0. The lowest BCUT2D eigenvalue weighted by Crippen LogP contribution is -2.42. The fraction of sp³-hybridized carbons (Fsp3) is 0.647. The molecule has 1 saturated heterocycles. The van der Waals surface area contributed by atoms with Gasteiger partial charge in [-0.15, -0.1) is 0 Å². The summed E-state index contributed by atoms with van der Waals surface area (Å²) in [6.45, 7) is 5.80. The maximum atomic E-state index is 13.3. The van der Waals surface area contributed by atoms with Crippen LogP contribution in [0, 0.1) is 11.2 Å². The molecule has 0 bridgehead atoms. The minimum Gasteiger partial charge on any atom is -0.490 e. The lowest BCUT2D eigenvalue weighted by Gasteiger charge is -2.39. The van der Waals surface area contributed by atoms with Gasteiger partial charge in [0.25, 0.3) is 0 Å². The number of halogens is 1. The summed E-state index contributed by atoms with van der Waals surface area (Å²) in [4.78, 5) is 0. The first-order valence-electron chi connectivity index (χ1n) is 7.94. The Morgan fingerprint density at radius 2 is 2.14 bits per heavy atom. The standard InChI is InChI=1S/C17H24FNO2/c1-2-19-12-17(5-7-20-8-6-17)11-15-10-13-9-14(18)3-4-16(13)21-15/h3-4,9,15,19H,2,5-8,10-12H2,1H3. The van der Waals surface area contributed by atoms with Crippen LogP contribution >= 0.6 is 0 Å². The maximum Gasteiger partial charge on any atom is 0.123 e. The number of benzene rings is 1. The molecule has 2 aliphatic rings. The number of fused-ring (bicyclic) bond motifs is 1. The van der Waals surface area contributed by atoms with Crippen molar-refractivity contribution >= 4 is 0 Å². The molecule has 2 heterocycles. The summed E-state index contributed by atoms with van der Waals surface area (Å²) < 4.78 is 24.9.